The Labute approximate surface area is 164 Å². The number of anilines is 1. The van der Waals surface area contributed by atoms with Crippen molar-refractivity contribution in [2.45, 2.75) is 26.3 Å². The summed E-state index contributed by atoms with van der Waals surface area (Å²) in [6.45, 7) is 4.59. The van der Waals surface area contributed by atoms with Gasteiger partial charge in [0, 0.05) is 24.9 Å². The van der Waals surface area contributed by atoms with E-state index >= 15 is 0 Å². The molecule has 2 atom stereocenters. The number of hydrogen-bond acceptors (Lipinski definition) is 5. The molecule has 3 rings (SSSR count). The Kier molecular flexibility index (Phi) is 6.26. The Morgan fingerprint density at radius 2 is 2.11 bits per heavy atom. The fourth-order valence-electron chi connectivity index (χ4n) is 3.17. The lowest BCUT2D eigenvalue weighted by molar-refractivity contribution is -0.115. The number of carbonyl (C=O) groups is 2. The second-order valence-electron chi connectivity index (χ2n) is 7.17. The maximum Gasteiger partial charge on any atom is 0.258 e. The van der Waals surface area contributed by atoms with E-state index in [4.69, 9.17) is 4.74 Å². The van der Waals surface area contributed by atoms with E-state index in [-0.39, 0.29) is 36.8 Å². The van der Waals surface area contributed by atoms with Gasteiger partial charge in [-0.1, -0.05) is 13.0 Å². The van der Waals surface area contributed by atoms with E-state index in [1.807, 2.05) is 13.8 Å². The largest absolute Gasteiger partial charge is 0.490 e. The minimum absolute atomic E-state index is 0.0895. The maximum atomic E-state index is 13.1. The first kappa shape index (κ1) is 19.8. The average molecular weight is 383 g/mol. The number of ether oxygens (including phenoxy) is 1. The summed E-state index contributed by atoms with van der Waals surface area (Å²) in [6.07, 6.45) is 3.48. The molecule has 1 aliphatic heterocycles. The number of pyridine rings is 1. The van der Waals surface area contributed by atoms with Crippen LogP contribution in [-0.4, -0.2) is 52.6 Å². The highest BCUT2D eigenvalue weighted by atomic mass is 16.5. The minimum Gasteiger partial charge on any atom is -0.490 e. The summed E-state index contributed by atoms with van der Waals surface area (Å²) in [5.41, 5.74) is 1.70. The van der Waals surface area contributed by atoms with Crippen molar-refractivity contribution in [2.75, 3.05) is 25.1 Å². The van der Waals surface area contributed by atoms with E-state index in [9.17, 15) is 14.7 Å². The van der Waals surface area contributed by atoms with Crippen LogP contribution in [0.1, 0.15) is 29.8 Å². The lowest BCUT2D eigenvalue weighted by Crippen LogP contribution is -2.45. The van der Waals surface area contributed by atoms with Gasteiger partial charge >= 0.3 is 0 Å². The van der Waals surface area contributed by atoms with Crippen LogP contribution in [0.2, 0.25) is 0 Å². The predicted octanol–water partition coefficient (Wildman–Crippen LogP) is 2.11. The van der Waals surface area contributed by atoms with Gasteiger partial charge in [-0.15, -0.1) is 0 Å². The highest BCUT2D eigenvalue weighted by Crippen LogP contribution is 2.32. The van der Waals surface area contributed by atoms with Gasteiger partial charge in [-0.25, -0.2) is 0 Å². The molecule has 0 saturated carbocycles. The molecule has 0 unspecified atom stereocenters. The average Bonchev–Trinajstić information content (AvgIpc) is 2.69. The first-order valence-electron chi connectivity index (χ1n) is 9.36. The van der Waals surface area contributed by atoms with Crippen molar-refractivity contribution in [3.8, 4) is 5.75 Å². The van der Waals surface area contributed by atoms with Crippen LogP contribution in [0.25, 0.3) is 0 Å². The molecule has 2 N–H and O–H groups in total. The summed E-state index contributed by atoms with van der Waals surface area (Å²) in [6, 6.07) is 8.39. The van der Waals surface area contributed by atoms with E-state index in [2.05, 4.69) is 10.3 Å². The molecule has 7 nitrogen and oxygen atoms in total. The molecule has 1 aromatic carbocycles. The highest BCUT2D eigenvalue weighted by Gasteiger charge is 2.29. The third-order valence-electron chi connectivity index (χ3n) is 4.71. The summed E-state index contributed by atoms with van der Waals surface area (Å²) < 4.78 is 5.92. The van der Waals surface area contributed by atoms with E-state index in [1.165, 1.54) is 0 Å². The summed E-state index contributed by atoms with van der Waals surface area (Å²) in [5.74, 6) is 0.0450. The van der Waals surface area contributed by atoms with Gasteiger partial charge in [0.2, 0.25) is 5.91 Å². The summed E-state index contributed by atoms with van der Waals surface area (Å²) >= 11 is 0. The first-order chi connectivity index (χ1) is 13.5. The van der Waals surface area contributed by atoms with E-state index in [1.54, 1.807) is 47.6 Å². The van der Waals surface area contributed by atoms with Gasteiger partial charge in [-0.05, 0) is 36.8 Å². The zero-order chi connectivity index (χ0) is 20.1. The summed E-state index contributed by atoms with van der Waals surface area (Å²) in [4.78, 5) is 31.2. The number of aliphatic hydroxyl groups excluding tert-OH is 1. The molecule has 28 heavy (non-hydrogen) atoms. The Hall–Kier alpha value is -2.93. The van der Waals surface area contributed by atoms with Gasteiger partial charge in [-0.2, -0.15) is 0 Å². The van der Waals surface area contributed by atoms with Gasteiger partial charge < -0.3 is 20.1 Å². The number of para-hydroxylation sites is 1. The second-order valence-corrected chi connectivity index (χ2v) is 7.17. The predicted molar refractivity (Wildman–Crippen MR) is 105 cm³/mol. The molecule has 2 aromatic rings. The molecule has 1 aromatic heterocycles. The SMILES string of the molecule is C[C@H]1COc2c(NC(=O)Cc3ccncc3)cccc2C(=O)N([C@@H](C)CO)C1. The number of fused-ring (bicyclic) bond motifs is 1. The molecule has 0 aliphatic carbocycles. The van der Waals surface area contributed by atoms with Gasteiger partial charge in [0.25, 0.3) is 5.91 Å². The van der Waals surface area contributed by atoms with E-state index in [0.29, 0.717) is 30.2 Å². The number of benzene rings is 1. The van der Waals surface area contributed by atoms with E-state index < -0.39 is 0 Å². The normalized spacial score (nSPS) is 17.8. The topological polar surface area (TPSA) is 91.8 Å². The lowest BCUT2D eigenvalue weighted by atomic mass is 10.0. The molecule has 148 valence electrons. The van der Waals surface area contributed by atoms with Crippen molar-refractivity contribution in [3.63, 3.8) is 0 Å². The molecule has 2 amide bonds. The van der Waals surface area contributed by atoms with Crippen molar-refractivity contribution in [1.29, 1.82) is 0 Å². The lowest BCUT2D eigenvalue weighted by Gasteiger charge is -2.33. The number of aliphatic hydroxyl groups is 1. The van der Waals surface area contributed by atoms with E-state index in [0.717, 1.165) is 5.56 Å². The van der Waals surface area contributed by atoms with Crippen LogP contribution in [0.4, 0.5) is 5.69 Å². The Balaban J connectivity index is 1.87. The van der Waals surface area contributed by atoms with Crippen LogP contribution in [0.15, 0.2) is 42.7 Å². The van der Waals surface area contributed by atoms with Crippen LogP contribution in [-0.2, 0) is 11.2 Å². The van der Waals surface area contributed by atoms with Crippen LogP contribution in [0, 0.1) is 5.92 Å². The molecule has 2 heterocycles. The van der Waals surface area contributed by atoms with Crippen molar-refractivity contribution >= 4 is 17.5 Å². The number of nitrogens with one attached hydrogen (secondary N) is 1. The van der Waals surface area contributed by atoms with Gasteiger partial charge in [0.1, 0.15) is 0 Å². The Bertz CT molecular complexity index is 841. The minimum atomic E-state index is -0.300. The Morgan fingerprint density at radius 1 is 1.36 bits per heavy atom. The third kappa shape index (κ3) is 4.48. The van der Waals surface area contributed by atoms with Crippen molar-refractivity contribution in [1.82, 2.24) is 9.88 Å². The number of amides is 2. The third-order valence-corrected chi connectivity index (χ3v) is 4.71. The number of rotatable bonds is 5. The monoisotopic (exact) mass is 383 g/mol. The fraction of sp³-hybridized carbons (Fsp3) is 0.381. The standard InChI is InChI=1S/C21H25N3O4/c1-14-11-24(15(2)12-25)21(27)17-4-3-5-18(20(17)28-13-14)23-19(26)10-16-6-8-22-9-7-16/h3-9,14-15,25H,10-13H2,1-2H3,(H,23,26)/t14-,15+/m1/s1. The van der Waals surface area contributed by atoms with Crippen LogP contribution in [0.3, 0.4) is 0 Å². The zero-order valence-electron chi connectivity index (χ0n) is 16.1. The zero-order valence-corrected chi connectivity index (χ0v) is 16.1. The molecule has 0 radical (unpaired) electrons. The Morgan fingerprint density at radius 3 is 2.82 bits per heavy atom. The van der Waals surface area contributed by atoms with Crippen LogP contribution >= 0.6 is 0 Å². The molecule has 0 saturated heterocycles. The van der Waals surface area contributed by atoms with Gasteiger partial charge in [0.05, 0.1) is 36.9 Å². The quantitative estimate of drug-likeness (QED) is 0.825. The molecule has 0 fully saturated rings. The molecule has 0 bridgehead atoms. The highest BCUT2D eigenvalue weighted by molar-refractivity contribution is 6.01. The smallest absolute Gasteiger partial charge is 0.258 e. The molecule has 1 aliphatic rings. The van der Waals surface area contributed by atoms with Crippen molar-refractivity contribution in [3.05, 3.63) is 53.9 Å². The molecule has 0 spiro atoms. The fourth-order valence-corrected chi connectivity index (χ4v) is 3.17. The van der Waals surface area contributed by atoms with Crippen molar-refractivity contribution < 1.29 is 19.4 Å². The summed E-state index contributed by atoms with van der Waals surface area (Å²) in [5, 5.41) is 12.4. The number of aromatic nitrogens is 1. The second kappa shape index (κ2) is 8.84. The van der Waals surface area contributed by atoms with Gasteiger partial charge in [-0.3, -0.25) is 14.6 Å². The first-order valence-corrected chi connectivity index (χ1v) is 9.36. The summed E-state index contributed by atoms with van der Waals surface area (Å²) in [7, 11) is 0. The number of hydrogen-bond donors (Lipinski definition) is 2. The molecular weight excluding hydrogens is 358 g/mol. The van der Waals surface area contributed by atoms with Crippen molar-refractivity contribution in [2.24, 2.45) is 5.92 Å². The number of nitrogens with zero attached hydrogens (tertiary/aromatic N) is 2. The maximum absolute atomic E-state index is 13.1. The molecule has 7 heteroatoms. The van der Waals surface area contributed by atoms with Gasteiger partial charge in [0.15, 0.2) is 5.75 Å². The molecular formula is C21H25N3O4. The van der Waals surface area contributed by atoms with Crippen LogP contribution < -0.4 is 10.1 Å². The number of carbonyl (C=O) groups excluding carboxylic acids is 2. The van der Waals surface area contributed by atoms with Crippen LogP contribution in [0.5, 0.6) is 5.75 Å².